The van der Waals surface area contributed by atoms with Gasteiger partial charge in [0.1, 0.15) is 0 Å². The second-order valence-corrected chi connectivity index (χ2v) is 6.86. The van der Waals surface area contributed by atoms with Gasteiger partial charge in [0.15, 0.2) is 0 Å². The number of aliphatic carboxylic acids is 1. The molecule has 0 saturated carbocycles. The van der Waals surface area contributed by atoms with Crippen molar-refractivity contribution >= 4 is 23.6 Å². The lowest BCUT2D eigenvalue weighted by Gasteiger charge is -2.45. The number of amides is 1. The van der Waals surface area contributed by atoms with Gasteiger partial charge in [0.25, 0.3) is 0 Å². The number of rotatable bonds is 4. The maximum absolute atomic E-state index is 12.1. The fraction of sp³-hybridized carbons (Fsp3) is 0.692. The third-order valence-corrected chi connectivity index (χ3v) is 5.63. The van der Waals surface area contributed by atoms with E-state index < -0.39 is 18.0 Å². The highest BCUT2D eigenvalue weighted by atomic mass is 32.2. The molecule has 20 heavy (non-hydrogen) atoms. The van der Waals surface area contributed by atoms with Crippen LogP contribution in [0.4, 0.5) is 0 Å². The summed E-state index contributed by atoms with van der Waals surface area (Å²) < 4.78 is 0. The van der Waals surface area contributed by atoms with Crippen molar-refractivity contribution in [2.45, 2.75) is 37.2 Å². The number of thioether (sulfide) groups is 1. The van der Waals surface area contributed by atoms with Crippen molar-refractivity contribution in [3.05, 3.63) is 10.6 Å². The van der Waals surface area contributed by atoms with Crippen molar-refractivity contribution in [2.24, 2.45) is 5.92 Å². The molecule has 1 amide bonds. The smallest absolute Gasteiger partial charge is 0.334 e. The van der Waals surface area contributed by atoms with Gasteiger partial charge in [0.2, 0.25) is 5.91 Å². The average molecular weight is 298 g/mol. The highest BCUT2D eigenvalue weighted by Gasteiger charge is 2.56. The SMILES string of the molecule is C[C@H](O)[C@@H]1C(=O)N2C(S[C@H]3CCNC3)=C(C(=O)O)C[C@H]12. The van der Waals surface area contributed by atoms with Crippen LogP contribution in [0.1, 0.15) is 19.8 Å². The molecule has 3 N–H and O–H groups in total. The number of carboxylic acid groups (broad SMARTS) is 1. The lowest BCUT2D eigenvalue weighted by Crippen LogP contribution is -2.61. The van der Waals surface area contributed by atoms with Crippen molar-refractivity contribution in [1.29, 1.82) is 0 Å². The molecule has 3 aliphatic heterocycles. The molecular weight excluding hydrogens is 280 g/mol. The van der Waals surface area contributed by atoms with Gasteiger partial charge >= 0.3 is 5.97 Å². The minimum atomic E-state index is -0.954. The highest BCUT2D eigenvalue weighted by Crippen LogP contribution is 2.48. The van der Waals surface area contributed by atoms with Crippen LogP contribution in [0.5, 0.6) is 0 Å². The molecule has 0 bridgehead atoms. The first kappa shape index (κ1) is 13.9. The molecule has 0 radical (unpaired) electrons. The Kier molecular flexibility index (Phi) is 3.51. The molecule has 0 spiro atoms. The Morgan fingerprint density at radius 2 is 2.30 bits per heavy atom. The number of hydrogen-bond acceptors (Lipinski definition) is 5. The van der Waals surface area contributed by atoms with Crippen molar-refractivity contribution in [3.8, 4) is 0 Å². The van der Waals surface area contributed by atoms with Crippen LogP contribution in [0.2, 0.25) is 0 Å². The number of nitrogens with one attached hydrogen (secondary N) is 1. The number of nitrogens with zero attached hydrogens (tertiary/aromatic N) is 1. The van der Waals surface area contributed by atoms with E-state index in [1.165, 1.54) is 11.8 Å². The van der Waals surface area contributed by atoms with Crippen LogP contribution < -0.4 is 5.32 Å². The molecule has 3 aliphatic rings. The molecule has 2 saturated heterocycles. The molecule has 110 valence electrons. The van der Waals surface area contributed by atoms with E-state index in [2.05, 4.69) is 5.32 Å². The summed E-state index contributed by atoms with van der Waals surface area (Å²) in [7, 11) is 0. The van der Waals surface area contributed by atoms with Crippen LogP contribution in [0.15, 0.2) is 10.6 Å². The third-order valence-electron chi connectivity index (χ3n) is 4.23. The normalized spacial score (nSPS) is 34.2. The Bertz CT molecular complexity index is 485. The van der Waals surface area contributed by atoms with E-state index in [1.54, 1.807) is 11.8 Å². The summed E-state index contributed by atoms with van der Waals surface area (Å²) in [6, 6.07) is -0.175. The molecule has 3 heterocycles. The Balaban J connectivity index is 1.82. The van der Waals surface area contributed by atoms with Crippen LogP contribution in [0, 0.1) is 5.92 Å². The highest BCUT2D eigenvalue weighted by molar-refractivity contribution is 8.03. The van der Waals surface area contributed by atoms with Crippen LogP contribution in [0.3, 0.4) is 0 Å². The lowest BCUT2D eigenvalue weighted by atomic mass is 9.83. The number of fused-ring (bicyclic) bond motifs is 1. The zero-order valence-corrected chi connectivity index (χ0v) is 12.0. The molecule has 3 rings (SSSR count). The summed E-state index contributed by atoms with van der Waals surface area (Å²) >= 11 is 1.49. The van der Waals surface area contributed by atoms with Gasteiger partial charge in [-0.2, -0.15) is 0 Å². The van der Waals surface area contributed by atoms with Gasteiger partial charge in [-0.3, -0.25) is 4.79 Å². The summed E-state index contributed by atoms with van der Waals surface area (Å²) in [5, 5.41) is 23.1. The molecule has 0 aromatic heterocycles. The number of β-lactam (4-membered cyclic amide) rings is 1. The predicted octanol–water partition coefficient (Wildman–Crippen LogP) is -0.0108. The number of aliphatic hydroxyl groups excluding tert-OH is 1. The molecule has 0 aromatic carbocycles. The molecule has 0 unspecified atom stereocenters. The third kappa shape index (κ3) is 2.04. The molecular formula is C13H18N2O4S. The second-order valence-electron chi connectivity index (χ2n) is 5.57. The van der Waals surface area contributed by atoms with Gasteiger partial charge in [0, 0.05) is 18.2 Å². The molecule has 0 aromatic rings. The Labute approximate surface area is 121 Å². The van der Waals surface area contributed by atoms with E-state index in [0.717, 1.165) is 19.5 Å². The fourth-order valence-corrected chi connectivity index (χ4v) is 4.60. The van der Waals surface area contributed by atoms with Gasteiger partial charge < -0.3 is 20.4 Å². The maximum Gasteiger partial charge on any atom is 0.334 e. The molecule has 7 heteroatoms. The van der Waals surface area contributed by atoms with Crippen molar-refractivity contribution in [1.82, 2.24) is 10.2 Å². The lowest BCUT2D eigenvalue weighted by molar-refractivity contribution is -0.156. The summed E-state index contributed by atoms with van der Waals surface area (Å²) in [5.41, 5.74) is 0.323. The van der Waals surface area contributed by atoms with Crippen molar-refractivity contribution in [3.63, 3.8) is 0 Å². The first-order chi connectivity index (χ1) is 9.50. The van der Waals surface area contributed by atoms with Gasteiger partial charge in [-0.05, 0) is 19.9 Å². The van der Waals surface area contributed by atoms with Gasteiger partial charge in [-0.15, -0.1) is 11.8 Å². The zero-order valence-electron chi connectivity index (χ0n) is 11.2. The summed E-state index contributed by atoms with van der Waals surface area (Å²) in [4.78, 5) is 25.1. The average Bonchev–Trinajstić information content (AvgIpc) is 2.94. The largest absolute Gasteiger partial charge is 0.478 e. The number of carboxylic acids is 1. The number of hydrogen-bond donors (Lipinski definition) is 3. The monoisotopic (exact) mass is 298 g/mol. The number of carbonyl (C=O) groups excluding carboxylic acids is 1. The van der Waals surface area contributed by atoms with E-state index in [0.29, 0.717) is 22.3 Å². The van der Waals surface area contributed by atoms with Crippen molar-refractivity contribution in [2.75, 3.05) is 13.1 Å². The van der Waals surface area contributed by atoms with Gasteiger partial charge in [-0.1, -0.05) is 0 Å². The first-order valence-corrected chi connectivity index (χ1v) is 7.73. The summed E-state index contributed by atoms with van der Waals surface area (Å²) in [6.07, 6.45) is 0.600. The summed E-state index contributed by atoms with van der Waals surface area (Å²) in [5.74, 6) is -1.55. The standard InChI is InChI=1S/C13H18N2O4S/c1-6(16)10-9-4-8(13(18)19)12(15(9)11(10)17)20-7-2-3-14-5-7/h6-7,9-10,14,16H,2-5H2,1H3,(H,18,19)/t6-,7-,9+,10-/m0/s1. The van der Waals surface area contributed by atoms with Crippen LogP contribution in [-0.2, 0) is 9.59 Å². The number of carbonyl (C=O) groups is 2. The van der Waals surface area contributed by atoms with E-state index >= 15 is 0 Å². The topological polar surface area (TPSA) is 89.9 Å². The minimum absolute atomic E-state index is 0.144. The maximum atomic E-state index is 12.1. The fourth-order valence-electron chi connectivity index (χ4n) is 3.20. The van der Waals surface area contributed by atoms with Gasteiger partial charge in [-0.25, -0.2) is 4.79 Å². The predicted molar refractivity (Wildman–Crippen MR) is 73.9 cm³/mol. The Hall–Kier alpha value is -1.05. The summed E-state index contributed by atoms with van der Waals surface area (Å²) in [6.45, 7) is 3.36. The molecule has 0 aliphatic carbocycles. The molecule has 2 fully saturated rings. The van der Waals surface area contributed by atoms with Crippen LogP contribution in [-0.4, -0.2) is 57.5 Å². The van der Waals surface area contributed by atoms with E-state index in [-0.39, 0.29) is 11.9 Å². The van der Waals surface area contributed by atoms with Crippen LogP contribution in [0.25, 0.3) is 0 Å². The van der Waals surface area contributed by atoms with E-state index in [4.69, 9.17) is 0 Å². The van der Waals surface area contributed by atoms with Gasteiger partial charge in [0.05, 0.1) is 28.7 Å². The van der Waals surface area contributed by atoms with Crippen molar-refractivity contribution < 1.29 is 19.8 Å². The van der Waals surface area contributed by atoms with E-state index in [9.17, 15) is 19.8 Å². The minimum Gasteiger partial charge on any atom is -0.478 e. The Morgan fingerprint density at radius 3 is 2.85 bits per heavy atom. The molecule has 6 nitrogen and oxygen atoms in total. The number of aliphatic hydroxyl groups is 1. The quantitative estimate of drug-likeness (QED) is 0.633. The first-order valence-electron chi connectivity index (χ1n) is 6.85. The zero-order chi connectivity index (χ0) is 14.4. The second kappa shape index (κ2) is 5.05. The van der Waals surface area contributed by atoms with E-state index in [1.807, 2.05) is 0 Å². The Morgan fingerprint density at radius 1 is 1.55 bits per heavy atom. The molecule has 4 atom stereocenters. The van der Waals surface area contributed by atoms with Crippen LogP contribution >= 0.6 is 11.8 Å².